The molecular weight excluding hydrogens is 267 g/mol. The molecule has 1 rings (SSSR count). The summed E-state index contributed by atoms with van der Waals surface area (Å²) in [6, 6.07) is 6.39. The zero-order chi connectivity index (χ0) is 14.3. The zero-order valence-corrected chi connectivity index (χ0v) is 12.7. The van der Waals surface area contributed by atoms with Gasteiger partial charge in [0.05, 0.1) is 10.6 Å². The SMILES string of the molecule is CC#CC#C/C(C)=N/[N-]S(=O)(=O)c1ccc(C)cc1.[Li+]. The van der Waals surface area contributed by atoms with Gasteiger partial charge in [0.25, 0.3) is 0 Å². The molecule has 0 N–H and O–H groups in total. The predicted octanol–water partition coefficient (Wildman–Crippen LogP) is -0.536. The molecule has 0 saturated heterocycles. The maximum absolute atomic E-state index is 11.8. The van der Waals surface area contributed by atoms with E-state index in [2.05, 4.69) is 33.6 Å². The number of sulfonamides is 1. The van der Waals surface area contributed by atoms with E-state index in [1.54, 1.807) is 26.0 Å². The van der Waals surface area contributed by atoms with E-state index in [0.29, 0.717) is 5.71 Å². The van der Waals surface area contributed by atoms with E-state index in [1.807, 2.05) is 6.92 Å². The van der Waals surface area contributed by atoms with Gasteiger partial charge in [0, 0.05) is 0 Å². The van der Waals surface area contributed by atoms with Gasteiger partial charge in [-0.2, -0.15) is 0 Å². The Balaban J connectivity index is 0.00000361. The molecule has 98 valence electrons. The molecule has 0 unspecified atom stereocenters. The van der Waals surface area contributed by atoms with Gasteiger partial charge < -0.3 is 9.93 Å². The summed E-state index contributed by atoms with van der Waals surface area (Å²) < 4.78 is 23.7. The van der Waals surface area contributed by atoms with Crippen LogP contribution in [0, 0.1) is 30.6 Å². The molecule has 1 aromatic rings. The van der Waals surface area contributed by atoms with Crippen LogP contribution in [-0.2, 0) is 10.0 Å². The van der Waals surface area contributed by atoms with Crippen molar-refractivity contribution < 1.29 is 27.3 Å². The predicted molar refractivity (Wildman–Crippen MR) is 76.1 cm³/mol. The third-order valence-corrected chi connectivity index (χ3v) is 3.21. The average molecular weight is 280 g/mol. The maximum Gasteiger partial charge on any atom is 1.00 e. The first-order valence-electron chi connectivity index (χ1n) is 5.47. The molecule has 6 heteroatoms. The van der Waals surface area contributed by atoms with Crippen LogP contribution in [0.2, 0.25) is 0 Å². The van der Waals surface area contributed by atoms with Crippen LogP contribution in [0.1, 0.15) is 19.4 Å². The Labute approximate surface area is 132 Å². The average Bonchev–Trinajstić information content (AvgIpc) is 2.37. The van der Waals surface area contributed by atoms with E-state index in [9.17, 15) is 8.42 Å². The minimum atomic E-state index is -3.77. The molecule has 0 saturated carbocycles. The minimum Gasteiger partial charge on any atom is -0.490 e. The van der Waals surface area contributed by atoms with Crippen molar-refractivity contribution in [1.29, 1.82) is 0 Å². The second kappa shape index (κ2) is 8.51. The Hall–Kier alpha value is -1.64. The van der Waals surface area contributed by atoms with Crippen LogP contribution in [0.15, 0.2) is 34.3 Å². The number of nitrogens with zero attached hydrogens (tertiary/aromatic N) is 2. The molecular formula is C14H13LiN2O2S. The maximum atomic E-state index is 11.8. The van der Waals surface area contributed by atoms with E-state index in [1.165, 1.54) is 12.1 Å². The van der Waals surface area contributed by atoms with E-state index in [0.717, 1.165) is 5.56 Å². The summed E-state index contributed by atoms with van der Waals surface area (Å²) in [5.74, 6) is 10.2. The van der Waals surface area contributed by atoms with Crippen LogP contribution in [0.3, 0.4) is 0 Å². The van der Waals surface area contributed by atoms with Crippen LogP contribution >= 0.6 is 0 Å². The topological polar surface area (TPSA) is 60.6 Å². The molecule has 0 amide bonds. The van der Waals surface area contributed by atoms with E-state index in [-0.39, 0.29) is 23.8 Å². The van der Waals surface area contributed by atoms with Gasteiger partial charge in [0.2, 0.25) is 0 Å². The second-order valence-electron chi connectivity index (χ2n) is 3.68. The van der Waals surface area contributed by atoms with Crippen molar-refractivity contribution in [1.82, 2.24) is 0 Å². The van der Waals surface area contributed by atoms with Crippen LogP contribution in [0.25, 0.3) is 4.83 Å². The quantitative estimate of drug-likeness (QED) is 0.323. The summed E-state index contributed by atoms with van der Waals surface area (Å²) in [5.41, 5.74) is 1.26. The molecule has 1 aromatic carbocycles. The van der Waals surface area contributed by atoms with Crippen molar-refractivity contribution in [2.75, 3.05) is 0 Å². The third kappa shape index (κ3) is 6.00. The summed E-state index contributed by atoms with van der Waals surface area (Å²) in [5, 5.41) is 3.58. The van der Waals surface area contributed by atoms with E-state index < -0.39 is 10.0 Å². The second-order valence-corrected chi connectivity index (χ2v) is 5.27. The third-order valence-electron chi connectivity index (χ3n) is 2.05. The molecule has 0 spiro atoms. The van der Waals surface area contributed by atoms with Gasteiger partial charge in [-0.15, -0.1) is 0 Å². The summed E-state index contributed by atoms with van der Waals surface area (Å²) in [7, 11) is -3.77. The number of aryl methyl sites for hydroxylation is 1. The molecule has 4 nitrogen and oxygen atoms in total. The van der Waals surface area contributed by atoms with Crippen molar-refractivity contribution in [3.63, 3.8) is 0 Å². The van der Waals surface area contributed by atoms with Crippen molar-refractivity contribution in [3.05, 3.63) is 34.7 Å². The van der Waals surface area contributed by atoms with Crippen LogP contribution in [-0.4, -0.2) is 14.1 Å². The van der Waals surface area contributed by atoms with Crippen LogP contribution in [0.4, 0.5) is 0 Å². The standard InChI is InChI=1S/C14H13N2O2S.Li/c1-4-5-6-7-13(3)15-16-19(17,18)14-10-8-12(2)9-11-14;/h8-11H,1-3H3;/q-1;+1/b15-13+;. The minimum absolute atomic E-state index is 0. The molecule has 0 aliphatic carbocycles. The molecule has 0 aliphatic heterocycles. The summed E-state index contributed by atoms with van der Waals surface area (Å²) >= 11 is 0. The van der Waals surface area contributed by atoms with Crippen molar-refractivity contribution in [3.8, 4) is 23.7 Å². The summed E-state index contributed by atoms with van der Waals surface area (Å²) in [6.45, 7) is 5.10. The normalized spacial score (nSPS) is 10.2. The fourth-order valence-electron chi connectivity index (χ4n) is 1.08. The smallest absolute Gasteiger partial charge is 0.490 e. The molecule has 20 heavy (non-hydrogen) atoms. The van der Waals surface area contributed by atoms with E-state index in [4.69, 9.17) is 0 Å². The molecule has 0 fully saturated rings. The summed E-state index contributed by atoms with van der Waals surface area (Å²) in [6.07, 6.45) is 0. The molecule has 0 aliphatic rings. The van der Waals surface area contributed by atoms with Gasteiger partial charge in [-0.1, -0.05) is 23.6 Å². The molecule has 0 atom stereocenters. The monoisotopic (exact) mass is 280 g/mol. The van der Waals surface area contributed by atoms with Gasteiger partial charge in [-0.05, 0) is 50.7 Å². The van der Waals surface area contributed by atoms with Gasteiger partial charge in [-0.25, -0.2) is 8.42 Å². The number of hydrogen-bond donors (Lipinski definition) is 0. The number of rotatable bonds is 3. The molecule has 0 heterocycles. The molecule has 0 aromatic heterocycles. The fraction of sp³-hybridized carbons (Fsp3) is 0.214. The number of benzene rings is 1. The van der Waals surface area contributed by atoms with Gasteiger partial charge >= 0.3 is 18.9 Å². The molecule has 0 radical (unpaired) electrons. The van der Waals surface area contributed by atoms with Crippen molar-refractivity contribution in [2.24, 2.45) is 5.10 Å². The summed E-state index contributed by atoms with van der Waals surface area (Å²) in [4.78, 5) is 3.45. The first-order chi connectivity index (χ1) is 8.95. The fourth-order valence-corrected chi connectivity index (χ4v) is 1.89. The van der Waals surface area contributed by atoms with Gasteiger partial charge in [0.1, 0.15) is 10.0 Å². The Bertz CT molecular complexity index is 700. The number of hydrogen-bond acceptors (Lipinski definition) is 3. The Morgan fingerprint density at radius 2 is 1.80 bits per heavy atom. The van der Waals surface area contributed by atoms with Crippen LogP contribution in [0.5, 0.6) is 0 Å². The van der Waals surface area contributed by atoms with E-state index >= 15 is 0 Å². The largest absolute Gasteiger partial charge is 1.00 e. The van der Waals surface area contributed by atoms with Crippen molar-refractivity contribution >= 4 is 15.7 Å². The first-order valence-corrected chi connectivity index (χ1v) is 6.91. The molecule has 0 bridgehead atoms. The first kappa shape index (κ1) is 18.4. The van der Waals surface area contributed by atoms with Gasteiger partial charge in [0.15, 0.2) is 0 Å². The zero-order valence-electron chi connectivity index (χ0n) is 11.9. The Kier molecular flexibility index (Phi) is 7.81. The Morgan fingerprint density at radius 1 is 1.20 bits per heavy atom. The van der Waals surface area contributed by atoms with Gasteiger partial charge in [-0.3, -0.25) is 0 Å². The van der Waals surface area contributed by atoms with Crippen LogP contribution < -0.4 is 18.9 Å². The van der Waals surface area contributed by atoms with Crippen molar-refractivity contribution in [2.45, 2.75) is 25.7 Å². The Morgan fingerprint density at radius 3 is 2.35 bits per heavy atom.